The quantitative estimate of drug-likeness (QED) is 0.758. The summed E-state index contributed by atoms with van der Waals surface area (Å²) in [4.78, 5) is 17.0. The van der Waals surface area contributed by atoms with Crippen molar-refractivity contribution >= 4 is 17.2 Å². The second kappa shape index (κ2) is 5.49. The van der Waals surface area contributed by atoms with Crippen molar-refractivity contribution in [3.63, 3.8) is 0 Å². The smallest absolute Gasteiger partial charge is 0.355 e. The first kappa shape index (κ1) is 15.2. The van der Waals surface area contributed by atoms with Gasteiger partial charge in [0.05, 0.1) is 11.3 Å². The van der Waals surface area contributed by atoms with E-state index >= 15 is 0 Å². The molecule has 0 saturated carbocycles. The zero-order chi connectivity index (χ0) is 16.6. The molecule has 0 unspecified atom stereocenters. The lowest BCUT2D eigenvalue weighted by Gasteiger charge is -2.27. The monoisotopic (exact) mass is 319 g/mol. The highest BCUT2D eigenvalue weighted by Gasteiger charge is 2.31. The van der Waals surface area contributed by atoms with Crippen LogP contribution in [0.3, 0.4) is 0 Å². The molecular formula is C16H12F3N3O. The Hall–Kier alpha value is -2.70. The Bertz CT molecular complexity index is 799. The molecule has 0 aromatic heterocycles. The average molecular weight is 319 g/mol. The van der Waals surface area contributed by atoms with Crippen LogP contribution in [0, 0.1) is 4.91 Å². The fourth-order valence-corrected chi connectivity index (χ4v) is 2.55. The maximum Gasteiger partial charge on any atom is 0.416 e. The molecule has 1 aliphatic heterocycles. The van der Waals surface area contributed by atoms with Crippen LogP contribution in [0.2, 0.25) is 0 Å². The van der Waals surface area contributed by atoms with Gasteiger partial charge >= 0.3 is 6.18 Å². The fourth-order valence-electron chi connectivity index (χ4n) is 2.55. The third kappa shape index (κ3) is 2.81. The van der Waals surface area contributed by atoms with Gasteiger partial charge in [0, 0.05) is 19.2 Å². The third-order valence-electron chi connectivity index (χ3n) is 3.63. The van der Waals surface area contributed by atoms with Gasteiger partial charge in [-0.25, -0.2) is 4.99 Å². The summed E-state index contributed by atoms with van der Waals surface area (Å²) >= 11 is 0. The summed E-state index contributed by atoms with van der Waals surface area (Å²) in [7, 11) is 1.74. The van der Waals surface area contributed by atoms with Gasteiger partial charge in [0.1, 0.15) is 11.5 Å². The number of fused-ring (bicyclic) bond motifs is 1. The number of hydrogen-bond donors (Lipinski definition) is 0. The van der Waals surface area contributed by atoms with Crippen LogP contribution in [0.5, 0.6) is 0 Å². The van der Waals surface area contributed by atoms with Gasteiger partial charge in [0.25, 0.3) is 0 Å². The lowest BCUT2D eigenvalue weighted by atomic mass is 10.0. The number of nitroso groups, excluding NO2 is 1. The Morgan fingerprint density at radius 1 is 1.17 bits per heavy atom. The minimum atomic E-state index is -4.42. The largest absolute Gasteiger partial charge is 0.416 e. The molecule has 23 heavy (non-hydrogen) atoms. The number of alkyl halides is 3. The standard InChI is InChI=1S/C16H12F3N3O/c1-22-9-11-5-3-7-13(21-23)14(11)20-15(22)10-4-2-6-12(8-10)16(17,18)19/h2-8H,9H2,1H3. The molecular weight excluding hydrogens is 307 g/mol. The van der Waals surface area contributed by atoms with Crippen LogP contribution in [0.25, 0.3) is 0 Å². The van der Waals surface area contributed by atoms with Crippen molar-refractivity contribution in [1.29, 1.82) is 0 Å². The van der Waals surface area contributed by atoms with Crippen molar-refractivity contribution in [2.75, 3.05) is 7.05 Å². The maximum atomic E-state index is 12.9. The molecule has 0 aliphatic carbocycles. The Morgan fingerprint density at radius 2 is 1.91 bits per heavy atom. The SMILES string of the molecule is CN1Cc2cccc(N=O)c2N=C1c1cccc(C(F)(F)F)c1. The molecule has 1 heterocycles. The van der Waals surface area contributed by atoms with E-state index in [1.54, 1.807) is 24.1 Å². The first-order chi connectivity index (χ1) is 10.9. The molecule has 0 atom stereocenters. The highest BCUT2D eigenvalue weighted by molar-refractivity contribution is 6.02. The summed E-state index contributed by atoms with van der Waals surface area (Å²) in [5.74, 6) is 0.375. The number of rotatable bonds is 2. The van der Waals surface area contributed by atoms with Gasteiger partial charge in [-0.3, -0.25) is 0 Å². The van der Waals surface area contributed by atoms with Crippen LogP contribution in [0.1, 0.15) is 16.7 Å². The topological polar surface area (TPSA) is 45.0 Å². The number of amidine groups is 1. The van der Waals surface area contributed by atoms with E-state index in [-0.39, 0.29) is 5.69 Å². The minimum absolute atomic E-state index is 0.181. The van der Waals surface area contributed by atoms with Gasteiger partial charge in [0.15, 0.2) is 0 Å². The molecule has 2 aromatic carbocycles. The van der Waals surface area contributed by atoms with E-state index in [1.165, 1.54) is 12.1 Å². The number of hydrogen-bond acceptors (Lipinski definition) is 4. The molecule has 0 saturated heterocycles. The van der Waals surface area contributed by atoms with Crippen molar-refractivity contribution in [2.24, 2.45) is 10.2 Å². The lowest BCUT2D eigenvalue weighted by molar-refractivity contribution is -0.137. The van der Waals surface area contributed by atoms with E-state index in [9.17, 15) is 18.1 Å². The summed E-state index contributed by atoms with van der Waals surface area (Å²) in [6.45, 7) is 0.438. The predicted octanol–water partition coefficient (Wildman–Crippen LogP) is 4.63. The summed E-state index contributed by atoms with van der Waals surface area (Å²) < 4.78 is 38.6. The van der Waals surface area contributed by atoms with Crippen molar-refractivity contribution in [3.05, 3.63) is 64.1 Å². The van der Waals surface area contributed by atoms with E-state index in [0.717, 1.165) is 17.7 Å². The summed E-state index contributed by atoms with van der Waals surface area (Å²) in [5.41, 5.74) is 1.00. The second-order valence-corrected chi connectivity index (χ2v) is 5.25. The van der Waals surface area contributed by atoms with Gasteiger partial charge in [-0.05, 0) is 28.9 Å². The number of benzene rings is 2. The van der Waals surface area contributed by atoms with Crippen molar-refractivity contribution in [3.8, 4) is 0 Å². The average Bonchev–Trinajstić information content (AvgIpc) is 2.52. The molecule has 0 N–H and O–H groups in total. The van der Waals surface area contributed by atoms with Crippen molar-refractivity contribution < 1.29 is 13.2 Å². The van der Waals surface area contributed by atoms with Gasteiger partial charge in [-0.2, -0.15) is 13.2 Å². The van der Waals surface area contributed by atoms with Crippen molar-refractivity contribution in [2.45, 2.75) is 12.7 Å². The Kier molecular flexibility index (Phi) is 3.63. The van der Waals surface area contributed by atoms with E-state index in [1.807, 2.05) is 6.07 Å². The number of para-hydroxylation sites is 1. The predicted molar refractivity (Wildman–Crippen MR) is 81.0 cm³/mol. The number of halogens is 3. The number of aliphatic imine (C=N–C) groups is 1. The second-order valence-electron chi connectivity index (χ2n) is 5.25. The first-order valence-electron chi connectivity index (χ1n) is 6.83. The molecule has 2 aromatic rings. The molecule has 118 valence electrons. The molecule has 7 heteroatoms. The zero-order valence-electron chi connectivity index (χ0n) is 12.1. The molecule has 0 fully saturated rings. The molecule has 4 nitrogen and oxygen atoms in total. The zero-order valence-corrected chi connectivity index (χ0v) is 12.1. The van der Waals surface area contributed by atoms with Crippen LogP contribution in [0.15, 0.2) is 52.6 Å². The summed E-state index contributed by atoms with van der Waals surface area (Å²) in [5, 5.41) is 2.94. The van der Waals surface area contributed by atoms with Gasteiger partial charge in [-0.15, -0.1) is 4.91 Å². The molecule has 3 rings (SSSR count). The molecule has 0 amide bonds. The van der Waals surface area contributed by atoms with Crippen LogP contribution in [0.4, 0.5) is 24.5 Å². The van der Waals surface area contributed by atoms with E-state index in [4.69, 9.17) is 0 Å². The summed E-state index contributed by atoms with van der Waals surface area (Å²) in [6, 6.07) is 10.0. The van der Waals surface area contributed by atoms with E-state index in [0.29, 0.717) is 23.6 Å². The van der Waals surface area contributed by atoms with Crippen LogP contribution in [-0.4, -0.2) is 17.8 Å². The fraction of sp³-hybridized carbons (Fsp3) is 0.188. The van der Waals surface area contributed by atoms with Crippen LogP contribution >= 0.6 is 0 Å². The third-order valence-corrected chi connectivity index (χ3v) is 3.63. The number of nitrogens with zero attached hydrogens (tertiary/aromatic N) is 3. The van der Waals surface area contributed by atoms with Crippen LogP contribution in [-0.2, 0) is 12.7 Å². The maximum absolute atomic E-state index is 12.9. The van der Waals surface area contributed by atoms with E-state index < -0.39 is 11.7 Å². The molecule has 1 aliphatic rings. The highest BCUT2D eigenvalue weighted by Crippen LogP contribution is 2.37. The van der Waals surface area contributed by atoms with Crippen molar-refractivity contribution in [1.82, 2.24) is 4.90 Å². The summed E-state index contributed by atoms with van der Waals surface area (Å²) in [6.07, 6.45) is -4.42. The molecule has 0 radical (unpaired) electrons. The lowest BCUT2D eigenvalue weighted by Crippen LogP contribution is -2.29. The highest BCUT2D eigenvalue weighted by atomic mass is 19.4. The first-order valence-corrected chi connectivity index (χ1v) is 6.83. The minimum Gasteiger partial charge on any atom is -0.355 e. The van der Waals surface area contributed by atoms with Gasteiger partial charge in [0.2, 0.25) is 0 Å². The van der Waals surface area contributed by atoms with Gasteiger partial charge < -0.3 is 4.90 Å². The normalized spacial score (nSPS) is 14.3. The molecule has 0 spiro atoms. The Morgan fingerprint density at radius 3 is 2.61 bits per heavy atom. The molecule has 0 bridgehead atoms. The Balaban J connectivity index is 2.12. The van der Waals surface area contributed by atoms with Gasteiger partial charge in [-0.1, -0.05) is 24.3 Å². The van der Waals surface area contributed by atoms with E-state index in [2.05, 4.69) is 10.2 Å². The van der Waals surface area contributed by atoms with Crippen LogP contribution < -0.4 is 0 Å². The Labute approximate surface area is 130 Å².